The summed E-state index contributed by atoms with van der Waals surface area (Å²) in [4.78, 5) is 63.3. The average Bonchev–Trinajstić information content (AvgIpc) is 3.72. The fraction of sp³-hybridized carbons (Fsp3) is 0.333. The minimum absolute atomic E-state index is 0.00192. The molecule has 0 spiro atoms. The standard InChI is InChI=1S/C57H57N9O4/c67-53-23-22-52(55(68)61-53)66-37-49-42(8-3-10-48(49)57(66)70)9-5-26-63-35-47(36-63)64-30-28-62(29-31-64)25-4-6-39-12-14-40(15-13-39)16-17-41-18-20-43(21-19-41)56(69)65-27-24-45-33-59-54(60-51(45)38-65)46-32-44-7-1-2-11-50(44)58-34-46/h1-3,7-8,10-21,32-34,47,52,57,70H,5,9,22-31,35-38H2,(H,61,67,68)/b17-16+. The predicted molar refractivity (Wildman–Crippen MR) is 270 cm³/mol. The van der Waals surface area contributed by atoms with E-state index in [0.29, 0.717) is 49.9 Å². The maximum atomic E-state index is 13.6. The van der Waals surface area contributed by atoms with Gasteiger partial charge in [0, 0.05) is 105 Å². The molecule has 2 unspecified atom stereocenters. The lowest BCUT2D eigenvalue weighted by molar-refractivity contribution is -0.141. The summed E-state index contributed by atoms with van der Waals surface area (Å²) in [6, 6.07) is 32.4. The Morgan fingerprint density at radius 2 is 1.60 bits per heavy atom. The number of aryl methyl sites for hydroxylation is 1. The SMILES string of the molecule is O=C1CCC(N2Cc3c(CCCN4CC(N5CCN(CC#Cc6ccc(/C=C/c7ccc(C(=O)N8CCc9cnc(-c%10cnc%11ccccc%11c%10)nc9C8)cc7)cc6)CC5)C4)cccc3C2O)C(=O)N1. The number of aliphatic hydroxyl groups is 1. The summed E-state index contributed by atoms with van der Waals surface area (Å²) in [6.07, 6.45) is 10.5. The molecular weight excluding hydrogens is 875 g/mol. The lowest BCUT2D eigenvalue weighted by Crippen LogP contribution is -2.63. The molecule has 13 heteroatoms. The topological polar surface area (TPSA) is 138 Å². The molecule has 2 aromatic heterocycles. The molecule has 3 fully saturated rings. The van der Waals surface area contributed by atoms with Gasteiger partial charge in [0.1, 0.15) is 6.23 Å². The van der Waals surface area contributed by atoms with Crippen molar-refractivity contribution in [1.29, 1.82) is 0 Å². The minimum atomic E-state index is -0.825. The van der Waals surface area contributed by atoms with E-state index < -0.39 is 12.3 Å². The largest absolute Gasteiger partial charge is 0.374 e. The van der Waals surface area contributed by atoms with Crippen molar-refractivity contribution in [2.24, 2.45) is 0 Å². The number of fused-ring (bicyclic) bond motifs is 3. The van der Waals surface area contributed by atoms with E-state index in [1.807, 2.05) is 82.9 Å². The van der Waals surface area contributed by atoms with Gasteiger partial charge in [-0.2, -0.15) is 0 Å². The number of imide groups is 1. The number of likely N-dealkylation sites (tertiary alicyclic amines) is 1. The van der Waals surface area contributed by atoms with Crippen LogP contribution in [0.1, 0.15) is 80.5 Å². The van der Waals surface area contributed by atoms with Crippen molar-refractivity contribution in [3.8, 4) is 23.2 Å². The molecule has 70 heavy (non-hydrogen) atoms. The summed E-state index contributed by atoms with van der Waals surface area (Å²) in [5.41, 5.74) is 10.8. The summed E-state index contributed by atoms with van der Waals surface area (Å²) < 4.78 is 0. The Balaban J connectivity index is 0.590. The fourth-order valence-electron chi connectivity index (χ4n) is 10.6. The highest BCUT2D eigenvalue weighted by molar-refractivity contribution is 6.00. The number of carbonyl (C=O) groups is 3. The molecular formula is C57H57N9O4. The first-order valence-electron chi connectivity index (χ1n) is 24.7. The maximum Gasteiger partial charge on any atom is 0.254 e. The second kappa shape index (κ2) is 20.2. The third kappa shape index (κ3) is 9.92. The zero-order valence-electron chi connectivity index (χ0n) is 39.3. The van der Waals surface area contributed by atoms with Gasteiger partial charge in [0.05, 0.1) is 30.3 Å². The van der Waals surface area contributed by atoms with Crippen molar-refractivity contribution in [2.75, 3.05) is 58.9 Å². The molecule has 4 aromatic carbocycles. The molecule has 2 atom stereocenters. The van der Waals surface area contributed by atoms with Crippen molar-refractivity contribution in [3.05, 3.63) is 160 Å². The van der Waals surface area contributed by atoms with Gasteiger partial charge in [0.25, 0.3) is 5.91 Å². The molecule has 7 heterocycles. The third-order valence-electron chi connectivity index (χ3n) is 14.8. The predicted octanol–water partition coefficient (Wildman–Crippen LogP) is 5.96. The van der Waals surface area contributed by atoms with E-state index in [0.717, 1.165) is 127 Å². The highest BCUT2D eigenvalue weighted by Crippen LogP contribution is 2.37. The van der Waals surface area contributed by atoms with Crippen LogP contribution in [-0.2, 0) is 35.5 Å². The Kier molecular flexibility index (Phi) is 13.1. The molecule has 0 aliphatic carbocycles. The zero-order valence-corrected chi connectivity index (χ0v) is 39.3. The molecule has 11 rings (SSSR count). The van der Waals surface area contributed by atoms with Crippen molar-refractivity contribution in [2.45, 2.75) is 63.5 Å². The van der Waals surface area contributed by atoms with E-state index in [4.69, 9.17) is 4.98 Å². The number of rotatable bonds is 11. The van der Waals surface area contributed by atoms with Crippen LogP contribution < -0.4 is 5.32 Å². The van der Waals surface area contributed by atoms with Crippen molar-refractivity contribution in [3.63, 3.8) is 0 Å². The summed E-state index contributed by atoms with van der Waals surface area (Å²) >= 11 is 0. The molecule has 354 valence electrons. The van der Waals surface area contributed by atoms with Crippen molar-refractivity contribution >= 4 is 40.8 Å². The molecule has 3 amide bonds. The molecule has 5 aliphatic rings. The molecule has 5 aliphatic heterocycles. The second-order valence-electron chi connectivity index (χ2n) is 19.3. The lowest BCUT2D eigenvalue weighted by atomic mass is 9.98. The Hall–Kier alpha value is -6.92. The highest BCUT2D eigenvalue weighted by atomic mass is 16.3. The van der Waals surface area contributed by atoms with Crippen molar-refractivity contribution in [1.82, 2.24) is 44.8 Å². The highest BCUT2D eigenvalue weighted by Gasteiger charge is 2.40. The van der Waals surface area contributed by atoms with Gasteiger partial charge in [-0.3, -0.25) is 39.4 Å². The number of carbonyl (C=O) groups excluding carboxylic acids is 3. The van der Waals surface area contributed by atoms with Gasteiger partial charge in [0.2, 0.25) is 11.8 Å². The van der Waals surface area contributed by atoms with Crippen LogP contribution in [0.2, 0.25) is 0 Å². The number of benzene rings is 4. The van der Waals surface area contributed by atoms with Crippen LogP contribution in [0.25, 0.3) is 34.4 Å². The fourth-order valence-corrected chi connectivity index (χ4v) is 10.6. The van der Waals surface area contributed by atoms with E-state index in [1.54, 1.807) is 0 Å². The Morgan fingerprint density at radius 3 is 2.40 bits per heavy atom. The average molecular weight is 932 g/mol. The first-order valence-corrected chi connectivity index (χ1v) is 24.7. The molecule has 2 N–H and O–H groups in total. The van der Waals surface area contributed by atoms with Crippen LogP contribution in [0, 0.1) is 11.8 Å². The number of nitrogens with one attached hydrogen (secondary N) is 1. The van der Waals surface area contributed by atoms with E-state index >= 15 is 0 Å². The summed E-state index contributed by atoms with van der Waals surface area (Å²) in [5, 5.41) is 14.6. The quantitative estimate of drug-likeness (QED) is 0.0906. The normalized spacial score (nSPS) is 20.2. The van der Waals surface area contributed by atoms with Gasteiger partial charge in [-0.15, -0.1) is 0 Å². The number of hydrogen-bond acceptors (Lipinski definition) is 11. The van der Waals surface area contributed by atoms with Crippen LogP contribution >= 0.6 is 0 Å². The van der Waals surface area contributed by atoms with Gasteiger partial charge in [-0.1, -0.05) is 84.7 Å². The summed E-state index contributed by atoms with van der Waals surface area (Å²) in [7, 11) is 0. The monoisotopic (exact) mass is 931 g/mol. The first kappa shape index (κ1) is 45.5. The number of hydrogen-bond donors (Lipinski definition) is 2. The number of nitrogens with zero attached hydrogens (tertiary/aromatic N) is 8. The minimum Gasteiger partial charge on any atom is -0.374 e. The van der Waals surface area contributed by atoms with Gasteiger partial charge in [-0.25, -0.2) is 9.97 Å². The first-order chi connectivity index (χ1) is 34.3. The number of amides is 3. The van der Waals surface area contributed by atoms with E-state index in [9.17, 15) is 19.5 Å². The van der Waals surface area contributed by atoms with Crippen LogP contribution in [0.15, 0.2) is 109 Å². The van der Waals surface area contributed by atoms with Crippen LogP contribution in [0.4, 0.5) is 0 Å². The van der Waals surface area contributed by atoms with E-state index in [1.165, 1.54) is 5.56 Å². The van der Waals surface area contributed by atoms with Crippen LogP contribution in [0.5, 0.6) is 0 Å². The maximum absolute atomic E-state index is 13.6. The smallest absolute Gasteiger partial charge is 0.254 e. The molecule has 13 nitrogen and oxygen atoms in total. The van der Waals surface area contributed by atoms with Gasteiger partial charge in [0.15, 0.2) is 5.82 Å². The number of piperazine rings is 1. The third-order valence-corrected chi connectivity index (χ3v) is 14.8. The molecule has 0 saturated carbocycles. The van der Waals surface area contributed by atoms with E-state index in [2.05, 4.69) is 90.4 Å². The number of pyridine rings is 1. The number of para-hydroxylation sites is 1. The molecule has 0 radical (unpaired) electrons. The summed E-state index contributed by atoms with van der Waals surface area (Å²) in [5.74, 6) is 6.84. The molecule has 3 saturated heterocycles. The number of aliphatic hydroxyl groups excluding tert-OH is 1. The molecule has 6 aromatic rings. The van der Waals surface area contributed by atoms with Gasteiger partial charge < -0.3 is 14.9 Å². The van der Waals surface area contributed by atoms with Gasteiger partial charge in [-0.05, 0) is 96.4 Å². The van der Waals surface area contributed by atoms with Crippen molar-refractivity contribution < 1.29 is 19.5 Å². The number of piperidine rings is 1. The Morgan fingerprint density at radius 1 is 0.814 bits per heavy atom. The van der Waals surface area contributed by atoms with Crippen LogP contribution in [-0.4, -0.2) is 133 Å². The van der Waals surface area contributed by atoms with Crippen LogP contribution in [0.3, 0.4) is 0 Å². The Bertz CT molecular complexity index is 3020. The summed E-state index contributed by atoms with van der Waals surface area (Å²) in [6.45, 7) is 9.81. The van der Waals surface area contributed by atoms with E-state index in [-0.39, 0.29) is 17.7 Å². The number of aromatic nitrogens is 3. The van der Waals surface area contributed by atoms with Gasteiger partial charge >= 0.3 is 0 Å². The lowest BCUT2D eigenvalue weighted by Gasteiger charge is -2.48. The zero-order chi connectivity index (χ0) is 47.6. The second-order valence-corrected chi connectivity index (χ2v) is 19.3. The molecule has 0 bridgehead atoms. The Labute approximate surface area is 408 Å².